The zero-order chi connectivity index (χ0) is 11.9. The maximum absolute atomic E-state index is 11.6. The van der Waals surface area contributed by atoms with E-state index < -0.39 is 0 Å². The second-order valence-corrected chi connectivity index (χ2v) is 5.93. The summed E-state index contributed by atoms with van der Waals surface area (Å²) in [6.45, 7) is 0.848. The van der Waals surface area contributed by atoms with Crippen LogP contribution in [0.4, 0.5) is 0 Å². The molecule has 0 unspecified atom stereocenters. The summed E-state index contributed by atoms with van der Waals surface area (Å²) in [5, 5.41) is 5.03. The van der Waals surface area contributed by atoms with Crippen LogP contribution in [0.2, 0.25) is 0 Å². The number of thiophene rings is 1. The van der Waals surface area contributed by atoms with Gasteiger partial charge in [-0.3, -0.25) is 4.79 Å². The molecular formula is C14H21NOS. The van der Waals surface area contributed by atoms with Crippen LogP contribution in [-0.2, 0) is 11.2 Å². The van der Waals surface area contributed by atoms with Gasteiger partial charge in [-0.05, 0) is 30.2 Å². The molecule has 0 atom stereocenters. The lowest BCUT2D eigenvalue weighted by atomic mass is 10.0. The van der Waals surface area contributed by atoms with Gasteiger partial charge in [0.2, 0.25) is 5.91 Å². The first-order valence-corrected chi connectivity index (χ1v) is 7.51. The van der Waals surface area contributed by atoms with E-state index in [9.17, 15) is 4.79 Å². The molecule has 2 rings (SSSR count). The van der Waals surface area contributed by atoms with Gasteiger partial charge < -0.3 is 5.32 Å². The van der Waals surface area contributed by atoms with Crippen LogP contribution < -0.4 is 5.32 Å². The van der Waals surface area contributed by atoms with E-state index in [1.165, 1.54) is 32.1 Å². The average molecular weight is 251 g/mol. The molecule has 0 aliphatic heterocycles. The Labute approximate surface area is 107 Å². The Morgan fingerprint density at radius 3 is 2.94 bits per heavy atom. The van der Waals surface area contributed by atoms with Gasteiger partial charge in [0, 0.05) is 11.4 Å². The van der Waals surface area contributed by atoms with Crippen molar-refractivity contribution in [3.63, 3.8) is 0 Å². The fourth-order valence-corrected chi connectivity index (χ4v) is 3.25. The molecule has 0 aromatic carbocycles. The van der Waals surface area contributed by atoms with E-state index in [1.807, 2.05) is 17.5 Å². The molecule has 1 amide bonds. The minimum absolute atomic E-state index is 0.166. The van der Waals surface area contributed by atoms with E-state index in [0.29, 0.717) is 6.42 Å². The van der Waals surface area contributed by atoms with E-state index >= 15 is 0 Å². The fraction of sp³-hybridized carbons (Fsp3) is 0.643. The number of nitrogens with one attached hydrogen (secondary N) is 1. The van der Waals surface area contributed by atoms with E-state index in [1.54, 1.807) is 11.3 Å². The highest BCUT2D eigenvalue weighted by atomic mass is 32.1. The molecule has 2 nitrogen and oxygen atoms in total. The Morgan fingerprint density at radius 1 is 1.41 bits per heavy atom. The number of rotatable bonds is 6. The number of amides is 1. The minimum atomic E-state index is 0.166. The van der Waals surface area contributed by atoms with Gasteiger partial charge in [0.05, 0.1) is 6.42 Å². The van der Waals surface area contributed by atoms with E-state index in [-0.39, 0.29) is 5.91 Å². The van der Waals surface area contributed by atoms with Gasteiger partial charge in [0.1, 0.15) is 0 Å². The SMILES string of the molecule is O=C(Cc1cccs1)NCCCC1CCCC1. The van der Waals surface area contributed by atoms with Crippen LogP contribution in [0.15, 0.2) is 17.5 Å². The third-order valence-corrected chi connectivity index (χ3v) is 4.38. The van der Waals surface area contributed by atoms with Crippen molar-refractivity contribution in [2.24, 2.45) is 5.92 Å². The lowest BCUT2D eigenvalue weighted by Gasteiger charge is -2.09. The summed E-state index contributed by atoms with van der Waals surface area (Å²) in [5.74, 6) is 1.10. The van der Waals surface area contributed by atoms with E-state index in [2.05, 4.69) is 5.32 Å². The van der Waals surface area contributed by atoms with Crippen LogP contribution >= 0.6 is 11.3 Å². The van der Waals surface area contributed by atoms with Crippen molar-refractivity contribution in [3.05, 3.63) is 22.4 Å². The topological polar surface area (TPSA) is 29.1 Å². The largest absolute Gasteiger partial charge is 0.356 e. The summed E-state index contributed by atoms with van der Waals surface area (Å²) in [4.78, 5) is 12.8. The van der Waals surface area contributed by atoms with Gasteiger partial charge in [0.15, 0.2) is 0 Å². The molecule has 1 aromatic heterocycles. The van der Waals surface area contributed by atoms with Crippen LogP contribution in [0, 0.1) is 5.92 Å². The molecular weight excluding hydrogens is 230 g/mol. The van der Waals surface area contributed by atoms with Crippen molar-refractivity contribution < 1.29 is 4.79 Å². The maximum Gasteiger partial charge on any atom is 0.225 e. The van der Waals surface area contributed by atoms with Gasteiger partial charge in [-0.25, -0.2) is 0 Å². The lowest BCUT2D eigenvalue weighted by Crippen LogP contribution is -2.26. The molecule has 1 aliphatic carbocycles. The van der Waals surface area contributed by atoms with Crippen LogP contribution in [0.5, 0.6) is 0 Å². The lowest BCUT2D eigenvalue weighted by molar-refractivity contribution is -0.120. The minimum Gasteiger partial charge on any atom is -0.356 e. The van der Waals surface area contributed by atoms with Crippen LogP contribution in [-0.4, -0.2) is 12.5 Å². The Hall–Kier alpha value is -0.830. The highest BCUT2D eigenvalue weighted by molar-refractivity contribution is 7.10. The Morgan fingerprint density at radius 2 is 2.24 bits per heavy atom. The first-order chi connectivity index (χ1) is 8.34. The van der Waals surface area contributed by atoms with Crippen molar-refractivity contribution in [2.75, 3.05) is 6.54 Å². The molecule has 1 N–H and O–H groups in total. The summed E-state index contributed by atoms with van der Waals surface area (Å²) < 4.78 is 0. The van der Waals surface area contributed by atoms with Crippen LogP contribution in [0.25, 0.3) is 0 Å². The van der Waals surface area contributed by atoms with Crippen molar-refractivity contribution >= 4 is 17.2 Å². The Kier molecular flexibility index (Phi) is 5.05. The quantitative estimate of drug-likeness (QED) is 0.772. The number of hydrogen-bond donors (Lipinski definition) is 1. The highest BCUT2D eigenvalue weighted by Gasteiger charge is 2.14. The molecule has 94 valence electrons. The molecule has 0 bridgehead atoms. The average Bonchev–Trinajstić information content (AvgIpc) is 2.96. The fourth-order valence-electron chi connectivity index (χ4n) is 2.55. The molecule has 3 heteroatoms. The van der Waals surface area contributed by atoms with Crippen molar-refractivity contribution in [1.82, 2.24) is 5.32 Å². The molecule has 1 heterocycles. The first kappa shape index (κ1) is 12.6. The molecule has 0 radical (unpaired) electrons. The normalized spacial score (nSPS) is 16.2. The second kappa shape index (κ2) is 6.80. The monoisotopic (exact) mass is 251 g/mol. The summed E-state index contributed by atoms with van der Waals surface area (Å²) >= 11 is 1.65. The maximum atomic E-state index is 11.6. The smallest absolute Gasteiger partial charge is 0.225 e. The summed E-state index contributed by atoms with van der Waals surface area (Å²) in [7, 11) is 0. The van der Waals surface area contributed by atoms with Crippen molar-refractivity contribution in [2.45, 2.75) is 44.9 Å². The summed E-state index contributed by atoms with van der Waals surface area (Å²) in [6, 6.07) is 4.01. The standard InChI is InChI=1S/C14H21NOS/c16-14(11-13-8-4-10-17-13)15-9-3-7-12-5-1-2-6-12/h4,8,10,12H,1-3,5-7,9,11H2,(H,15,16). The molecule has 1 aromatic rings. The molecule has 0 saturated heterocycles. The predicted molar refractivity (Wildman–Crippen MR) is 72.2 cm³/mol. The van der Waals surface area contributed by atoms with E-state index in [0.717, 1.165) is 23.8 Å². The van der Waals surface area contributed by atoms with Crippen LogP contribution in [0.1, 0.15) is 43.4 Å². The molecule has 0 spiro atoms. The van der Waals surface area contributed by atoms with Gasteiger partial charge in [-0.2, -0.15) is 0 Å². The summed E-state index contributed by atoms with van der Waals surface area (Å²) in [6.07, 6.45) is 8.61. The van der Waals surface area contributed by atoms with Gasteiger partial charge >= 0.3 is 0 Å². The highest BCUT2D eigenvalue weighted by Crippen LogP contribution is 2.28. The van der Waals surface area contributed by atoms with Crippen molar-refractivity contribution in [1.29, 1.82) is 0 Å². The first-order valence-electron chi connectivity index (χ1n) is 6.63. The van der Waals surface area contributed by atoms with Crippen molar-refractivity contribution in [3.8, 4) is 0 Å². The van der Waals surface area contributed by atoms with Crippen LogP contribution in [0.3, 0.4) is 0 Å². The number of hydrogen-bond acceptors (Lipinski definition) is 2. The zero-order valence-corrected chi connectivity index (χ0v) is 11.1. The number of carbonyl (C=O) groups excluding carboxylic acids is 1. The third-order valence-electron chi connectivity index (χ3n) is 3.50. The van der Waals surface area contributed by atoms with Gasteiger partial charge in [-0.1, -0.05) is 31.7 Å². The van der Waals surface area contributed by atoms with Gasteiger partial charge in [-0.15, -0.1) is 11.3 Å². The van der Waals surface area contributed by atoms with Gasteiger partial charge in [0.25, 0.3) is 0 Å². The summed E-state index contributed by atoms with van der Waals surface area (Å²) in [5.41, 5.74) is 0. The number of carbonyl (C=O) groups is 1. The third kappa shape index (κ3) is 4.50. The molecule has 1 fully saturated rings. The molecule has 1 saturated carbocycles. The van der Waals surface area contributed by atoms with E-state index in [4.69, 9.17) is 0 Å². The zero-order valence-electron chi connectivity index (χ0n) is 10.3. The molecule has 1 aliphatic rings. The Bertz CT molecular complexity index is 328. The second-order valence-electron chi connectivity index (χ2n) is 4.90. The molecule has 17 heavy (non-hydrogen) atoms. The Balaban J connectivity index is 1.54. The predicted octanol–water partition coefficient (Wildman–Crippen LogP) is 3.38.